The van der Waals surface area contributed by atoms with E-state index in [-0.39, 0.29) is 17.1 Å². The second kappa shape index (κ2) is 11.8. The summed E-state index contributed by atoms with van der Waals surface area (Å²) in [4.78, 5) is 17.3. The molecule has 0 aromatic heterocycles. The quantitative estimate of drug-likeness (QED) is 0.434. The van der Waals surface area contributed by atoms with Gasteiger partial charge in [-0.15, -0.1) is 0 Å². The molecular formula is C25H42N4O5S2. The van der Waals surface area contributed by atoms with Crippen molar-refractivity contribution < 1.29 is 21.6 Å². The molecule has 2 heterocycles. The van der Waals surface area contributed by atoms with Gasteiger partial charge in [-0.2, -0.15) is 0 Å². The van der Waals surface area contributed by atoms with E-state index in [1.807, 2.05) is 49.9 Å². The number of hydrogen-bond donors (Lipinski definition) is 1. The zero-order chi connectivity index (χ0) is 26.6. The van der Waals surface area contributed by atoms with Gasteiger partial charge in [0.05, 0.1) is 17.7 Å². The van der Waals surface area contributed by atoms with Gasteiger partial charge in [-0.25, -0.2) is 21.6 Å². The van der Waals surface area contributed by atoms with Crippen LogP contribution in [0.3, 0.4) is 0 Å². The van der Waals surface area contributed by atoms with E-state index in [1.165, 1.54) is 10.6 Å². The Bertz CT molecular complexity index is 1110. The van der Waals surface area contributed by atoms with Gasteiger partial charge in [-0.05, 0) is 44.0 Å². The number of likely N-dealkylation sites (tertiary alicyclic amines) is 1. The van der Waals surface area contributed by atoms with Crippen LogP contribution in [0.1, 0.15) is 58.4 Å². The average Bonchev–Trinajstić information content (AvgIpc) is 3.17. The maximum absolute atomic E-state index is 13.5. The molecule has 36 heavy (non-hydrogen) atoms. The predicted molar refractivity (Wildman–Crippen MR) is 144 cm³/mol. The molecule has 1 saturated heterocycles. The minimum Gasteiger partial charge on any atom is -0.341 e. The number of sulfonamides is 2. The normalized spacial score (nSPS) is 18.6. The van der Waals surface area contributed by atoms with Gasteiger partial charge in [0.2, 0.25) is 26.0 Å². The second-order valence-electron chi connectivity index (χ2n) is 10.1. The fourth-order valence-corrected chi connectivity index (χ4v) is 7.66. The molecule has 0 aliphatic carbocycles. The SMILES string of the molecule is CCCCC(NS(=O)(=O)CCN(CC)CC)C(=O)N1CCC2(CC1)CN(S(C)(=O)=O)c1ccccc12. The Balaban J connectivity index is 1.71. The van der Waals surface area contributed by atoms with Gasteiger partial charge in [0.15, 0.2) is 0 Å². The third-order valence-electron chi connectivity index (χ3n) is 7.66. The highest BCUT2D eigenvalue weighted by molar-refractivity contribution is 7.92. The van der Waals surface area contributed by atoms with Crippen LogP contribution in [0.25, 0.3) is 0 Å². The molecule has 1 atom stereocenters. The molecule has 1 aromatic rings. The van der Waals surface area contributed by atoms with E-state index < -0.39 is 26.1 Å². The molecule has 2 aliphatic heterocycles. The van der Waals surface area contributed by atoms with Crippen molar-refractivity contribution in [3.8, 4) is 0 Å². The van der Waals surface area contributed by atoms with Crippen molar-refractivity contribution >= 4 is 31.6 Å². The number of unbranched alkanes of at least 4 members (excludes halogenated alkanes) is 1. The number of nitrogens with zero attached hydrogens (tertiary/aromatic N) is 3. The summed E-state index contributed by atoms with van der Waals surface area (Å²) in [6.45, 7) is 9.31. The first kappa shape index (κ1) is 28.9. The highest BCUT2D eigenvalue weighted by Crippen LogP contribution is 2.47. The molecule has 1 amide bonds. The summed E-state index contributed by atoms with van der Waals surface area (Å²) < 4.78 is 54.7. The lowest BCUT2D eigenvalue weighted by Gasteiger charge is -2.41. The van der Waals surface area contributed by atoms with Gasteiger partial charge in [0.25, 0.3) is 0 Å². The van der Waals surface area contributed by atoms with Crippen molar-refractivity contribution in [2.24, 2.45) is 0 Å². The number of nitrogens with one attached hydrogen (secondary N) is 1. The number of para-hydroxylation sites is 1. The fraction of sp³-hybridized carbons (Fsp3) is 0.720. The van der Waals surface area contributed by atoms with Crippen molar-refractivity contribution in [2.45, 2.75) is 64.3 Å². The van der Waals surface area contributed by atoms with Crippen molar-refractivity contribution in [3.05, 3.63) is 29.8 Å². The van der Waals surface area contributed by atoms with E-state index in [1.54, 1.807) is 4.90 Å². The largest absolute Gasteiger partial charge is 0.341 e. The lowest BCUT2D eigenvalue weighted by molar-refractivity contribution is -0.134. The Morgan fingerprint density at radius 3 is 2.31 bits per heavy atom. The number of piperidine rings is 1. The van der Waals surface area contributed by atoms with E-state index in [0.29, 0.717) is 45.4 Å². The van der Waals surface area contributed by atoms with Gasteiger partial charge >= 0.3 is 0 Å². The molecule has 1 unspecified atom stereocenters. The summed E-state index contributed by atoms with van der Waals surface area (Å²) >= 11 is 0. The molecule has 0 bridgehead atoms. The monoisotopic (exact) mass is 542 g/mol. The highest BCUT2D eigenvalue weighted by Gasteiger charge is 2.47. The summed E-state index contributed by atoms with van der Waals surface area (Å²) in [7, 11) is -7.02. The lowest BCUT2D eigenvalue weighted by Crippen LogP contribution is -2.54. The Kier molecular flexibility index (Phi) is 9.46. The number of rotatable bonds is 12. The zero-order valence-corrected chi connectivity index (χ0v) is 23.7. The highest BCUT2D eigenvalue weighted by atomic mass is 32.2. The van der Waals surface area contributed by atoms with Crippen LogP contribution in [-0.4, -0.2) is 89.9 Å². The first-order chi connectivity index (χ1) is 17.0. The van der Waals surface area contributed by atoms with Gasteiger partial charge in [-0.1, -0.05) is 51.8 Å². The molecule has 11 heteroatoms. The van der Waals surface area contributed by atoms with Gasteiger partial charge in [0, 0.05) is 31.6 Å². The van der Waals surface area contributed by atoms with Crippen LogP contribution in [0.2, 0.25) is 0 Å². The maximum atomic E-state index is 13.5. The number of fused-ring (bicyclic) bond motifs is 2. The summed E-state index contributed by atoms with van der Waals surface area (Å²) in [5.41, 5.74) is 1.40. The lowest BCUT2D eigenvalue weighted by atomic mass is 9.74. The number of hydrogen-bond acceptors (Lipinski definition) is 6. The van der Waals surface area contributed by atoms with E-state index in [4.69, 9.17) is 0 Å². The van der Waals surface area contributed by atoms with E-state index >= 15 is 0 Å². The number of benzene rings is 1. The Morgan fingerprint density at radius 2 is 1.72 bits per heavy atom. The maximum Gasteiger partial charge on any atom is 0.240 e. The van der Waals surface area contributed by atoms with E-state index in [0.717, 1.165) is 37.2 Å². The summed E-state index contributed by atoms with van der Waals surface area (Å²) in [5, 5.41) is 0. The van der Waals surface area contributed by atoms with Gasteiger partial charge < -0.3 is 9.80 Å². The molecule has 1 fully saturated rings. The minimum atomic E-state index is -3.61. The smallest absolute Gasteiger partial charge is 0.240 e. The third-order valence-corrected chi connectivity index (χ3v) is 10.1. The Hall–Kier alpha value is -1.69. The van der Waals surface area contributed by atoms with Crippen LogP contribution in [0.15, 0.2) is 24.3 Å². The second-order valence-corrected chi connectivity index (χ2v) is 13.8. The summed E-state index contributed by atoms with van der Waals surface area (Å²) in [6, 6.07) is 6.84. The molecule has 2 aliphatic rings. The molecule has 1 spiro atoms. The predicted octanol–water partition coefficient (Wildman–Crippen LogP) is 2.15. The Labute approximate surface area is 217 Å². The van der Waals surface area contributed by atoms with Crippen LogP contribution in [0.4, 0.5) is 5.69 Å². The number of carbonyl (C=O) groups excluding carboxylic acids is 1. The van der Waals surface area contributed by atoms with Crippen LogP contribution in [0, 0.1) is 0 Å². The first-order valence-electron chi connectivity index (χ1n) is 13.0. The standard InChI is InChI=1S/C25H42N4O5S2/c1-5-8-12-22(26-36(33,34)19-18-27(6-2)7-3)24(30)28-16-14-25(15-17-28)20-29(35(4,31)32)23-13-10-9-11-21(23)25/h9-11,13,22,26H,5-8,12,14-20H2,1-4H3. The van der Waals surface area contributed by atoms with Crippen molar-refractivity contribution in [2.75, 3.05) is 55.6 Å². The van der Waals surface area contributed by atoms with Crippen molar-refractivity contribution in [3.63, 3.8) is 0 Å². The van der Waals surface area contributed by atoms with Crippen LogP contribution in [-0.2, 0) is 30.3 Å². The third kappa shape index (κ3) is 6.59. The van der Waals surface area contributed by atoms with Crippen molar-refractivity contribution in [1.82, 2.24) is 14.5 Å². The van der Waals surface area contributed by atoms with Crippen LogP contribution < -0.4 is 9.03 Å². The molecule has 204 valence electrons. The van der Waals surface area contributed by atoms with Crippen LogP contribution in [0.5, 0.6) is 0 Å². The van der Waals surface area contributed by atoms with E-state index in [2.05, 4.69) is 4.72 Å². The number of anilines is 1. The molecule has 0 radical (unpaired) electrons. The minimum absolute atomic E-state index is 0.0359. The summed E-state index contributed by atoms with van der Waals surface area (Å²) in [6.07, 6.45) is 4.59. The molecule has 0 saturated carbocycles. The average molecular weight is 543 g/mol. The number of carbonyl (C=O) groups is 1. The molecular weight excluding hydrogens is 500 g/mol. The molecule has 1 N–H and O–H groups in total. The van der Waals surface area contributed by atoms with Crippen molar-refractivity contribution in [1.29, 1.82) is 0 Å². The van der Waals surface area contributed by atoms with Crippen LogP contribution >= 0.6 is 0 Å². The molecule has 9 nitrogen and oxygen atoms in total. The van der Waals surface area contributed by atoms with E-state index in [9.17, 15) is 21.6 Å². The number of amides is 1. The zero-order valence-electron chi connectivity index (χ0n) is 22.1. The fourth-order valence-electron chi connectivity index (χ4n) is 5.39. The molecule has 3 rings (SSSR count). The van der Waals surface area contributed by atoms with Gasteiger partial charge in [0.1, 0.15) is 6.04 Å². The summed E-state index contributed by atoms with van der Waals surface area (Å²) in [5.74, 6) is -0.220. The first-order valence-corrected chi connectivity index (χ1v) is 16.5. The van der Waals surface area contributed by atoms with Gasteiger partial charge in [-0.3, -0.25) is 9.10 Å². The topological polar surface area (TPSA) is 107 Å². The Morgan fingerprint density at radius 1 is 1.08 bits per heavy atom. The molecule has 1 aromatic carbocycles.